The van der Waals surface area contributed by atoms with Crippen molar-refractivity contribution in [1.82, 2.24) is 19.8 Å². The Balaban J connectivity index is 1.48. The number of rotatable bonds is 4. The number of pyridine rings is 2. The molecule has 0 spiro atoms. The quantitative estimate of drug-likeness (QED) is 0.594. The van der Waals surface area contributed by atoms with E-state index in [4.69, 9.17) is 4.74 Å². The van der Waals surface area contributed by atoms with Crippen molar-refractivity contribution in [3.63, 3.8) is 0 Å². The highest BCUT2D eigenvalue weighted by molar-refractivity contribution is 5.95. The van der Waals surface area contributed by atoms with Crippen LogP contribution in [0.25, 0.3) is 10.9 Å². The minimum Gasteiger partial charge on any atom is -0.439 e. The molecule has 10 heteroatoms. The average molecular weight is 430 g/mol. The van der Waals surface area contributed by atoms with E-state index in [1.165, 1.54) is 0 Å². The molecule has 1 aliphatic rings. The number of nitrogens with zero attached hydrogens (tertiary/aromatic N) is 4. The van der Waals surface area contributed by atoms with Gasteiger partial charge in [0.1, 0.15) is 11.4 Å². The first-order valence-electron chi connectivity index (χ1n) is 9.44. The molecule has 160 valence electrons. The van der Waals surface area contributed by atoms with Crippen LogP contribution in [0.5, 0.6) is 11.6 Å². The minimum absolute atomic E-state index is 0.0292. The van der Waals surface area contributed by atoms with Crippen LogP contribution in [0.1, 0.15) is 16.1 Å². The molecule has 1 fully saturated rings. The van der Waals surface area contributed by atoms with Gasteiger partial charge in [-0.15, -0.1) is 0 Å². The molecule has 31 heavy (non-hydrogen) atoms. The van der Waals surface area contributed by atoms with Gasteiger partial charge < -0.3 is 14.5 Å². The van der Waals surface area contributed by atoms with Crippen molar-refractivity contribution >= 4 is 23.2 Å². The second-order valence-corrected chi connectivity index (χ2v) is 6.97. The first-order chi connectivity index (χ1) is 14.8. The highest BCUT2D eigenvalue weighted by Gasteiger charge is 2.30. The first kappa shape index (κ1) is 20.6. The van der Waals surface area contributed by atoms with Crippen LogP contribution in [0, 0.1) is 0 Å². The number of fused-ring (bicyclic) bond motifs is 1. The zero-order chi connectivity index (χ0) is 22.0. The summed E-state index contributed by atoms with van der Waals surface area (Å²) in [5.74, 6) is 0.203. The molecule has 1 aromatic carbocycles. The maximum Gasteiger partial charge on any atom is 0.417 e. The van der Waals surface area contributed by atoms with Crippen LogP contribution in [0.4, 0.5) is 13.2 Å². The number of amides is 2. The minimum atomic E-state index is -4.46. The van der Waals surface area contributed by atoms with Crippen molar-refractivity contribution in [1.29, 1.82) is 0 Å². The Bertz CT molecular complexity index is 1110. The van der Waals surface area contributed by atoms with Gasteiger partial charge in [0.15, 0.2) is 0 Å². The maximum absolute atomic E-state index is 12.7. The number of piperazine rings is 1. The summed E-state index contributed by atoms with van der Waals surface area (Å²) in [4.78, 5) is 34.9. The summed E-state index contributed by atoms with van der Waals surface area (Å²) in [6.45, 7) is 1.87. The Kier molecular flexibility index (Phi) is 5.45. The number of benzene rings is 1. The summed E-state index contributed by atoms with van der Waals surface area (Å²) in [7, 11) is 0. The number of aromatic nitrogens is 2. The summed E-state index contributed by atoms with van der Waals surface area (Å²) in [5.41, 5.74) is 0.0163. The summed E-state index contributed by atoms with van der Waals surface area (Å²) >= 11 is 0. The van der Waals surface area contributed by atoms with E-state index in [1.807, 2.05) is 0 Å². The Morgan fingerprint density at radius 3 is 2.45 bits per heavy atom. The molecular formula is C21H17F3N4O3. The van der Waals surface area contributed by atoms with Crippen LogP contribution in [0.15, 0.2) is 48.7 Å². The van der Waals surface area contributed by atoms with Gasteiger partial charge in [0.2, 0.25) is 12.3 Å². The van der Waals surface area contributed by atoms with Crippen molar-refractivity contribution in [2.24, 2.45) is 0 Å². The van der Waals surface area contributed by atoms with Crippen LogP contribution in [-0.2, 0) is 11.0 Å². The molecule has 2 aromatic heterocycles. The highest BCUT2D eigenvalue weighted by atomic mass is 19.4. The summed E-state index contributed by atoms with van der Waals surface area (Å²) < 4.78 is 43.4. The molecule has 4 rings (SSSR count). The van der Waals surface area contributed by atoms with E-state index in [0.717, 1.165) is 18.5 Å². The van der Waals surface area contributed by atoms with Gasteiger partial charge in [-0.3, -0.25) is 9.59 Å². The molecule has 0 saturated carbocycles. The van der Waals surface area contributed by atoms with Crippen LogP contribution in [0.3, 0.4) is 0 Å². The number of halogens is 3. The topological polar surface area (TPSA) is 75.6 Å². The summed E-state index contributed by atoms with van der Waals surface area (Å²) in [5, 5.41) is 0.701. The number of alkyl halides is 3. The standard InChI is InChI=1S/C21H17F3N4O3/c22-21(23,24)15-2-6-19(25-12-15)31-16-3-5-17-14(11-16)1-4-18(26-17)20(30)28-9-7-27(13-29)8-10-28/h1-6,11-13H,7-10H2. The van der Waals surface area contributed by atoms with E-state index in [1.54, 1.807) is 40.1 Å². The largest absolute Gasteiger partial charge is 0.439 e. The molecular weight excluding hydrogens is 413 g/mol. The molecule has 0 unspecified atom stereocenters. The number of hydrogen-bond donors (Lipinski definition) is 0. The fourth-order valence-electron chi connectivity index (χ4n) is 3.21. The number of hydrogen-bond acceptors (Lipinski definition) is 5. The number of carbonyl (C=O) groups is 2. The molecule has 3 aromatic rings. The van der Waals surface area contributed by atoms with E-state index in [2.05, 4.69) is 9.97 Å². The molecule has 0 N–H and O–H groups in total. The van der Waals surface area contributed by atoms with Gasteiger partial charge in [-0.2, -0.15) is 13.2 Å². The van der Waals surface area contributed by atoms with Gasteiger partial charge in [-0.1, -0.05) is 6.07 Å². The van der Waals surface area contributed by atoms with Crippen LogP contribution < -0.4 is 4.74 Å². The third kappa shape index (κ3) is 4.57. The number of ether oxygens (including phenoxy) is 1. The molecule has 0 atom stereocenters. The Morgan fingerprint density at radius 2 is 1.81 bits per heavy atom. The predicted octanol–water partition coefficient (Wildman–Crippen LogP) is 3.36. The fourth-order valence-corrected chi connectivity index (χ4v) is 3.21. The van der Waals surface area contributed by atoms with Crippen molar-refractivity contribution in [3.8, 4) is 11.6 Å². The first-order valence-corrected chi connectivity index (χ1v) is 9.44. The molecule has 0 radical (unpaired) electrons. The van der Waals surface area contributed by atoms with Gasteiger partial charge in [-0.25, -0.2) is 9.97 Å². The van der Waals surface area contributed by atoms with E-state index in [0.29, 0.717) is 54.7 Å². The van der Waals surface area contributed by atoms with E-state index in [-0.39, 0.29) is 11.8 Å². The summed E-state index contributed by atoms with van der Waals surface area (Å²) in [6, 6.07) is 10.3. The zero-order valence-electron chi connectivity index (χ0n) is 16.2. The normalized spacial score (nSPS) is 14.5. The van der Waals surface area contributed by atoms with Crippen LogP contribution in [-0.4, -0.2) is 58.3 Å². The van der Waals surface area contributed by atoms with Crippen molar-refractivity contribution < 1.29 is 27.5 Å². The number of carbonyl (C=O) groups excluding carboxylic acids is 2. The Labute approximate surface area is 175 Å². The van der Waals surface area contributed by atoms with Crippen molar-refractivity contribution in [2.45, 2.75) is 6.18 Å². The second kappa shape index (κ2) is 8.21. The maximum atomic E-state index is 12.7. The van der Waals surface area contributed by atoms with E-state index >= 15 is 0 Å². The molecule has 3 heterocycles. The molecule has 1 saturated heterocycles. The lowest BCUT2D eigenvalue weighted by molar-refractivity contribution is -0.137. The lowest BCUT2D eigenvalue weighted by Gasteiger charge is -2.32. The molecule has 1 aliphatic heterocycles. The zero-order valence-corrected chi connectivity index (χ0v) is 16.2. The van der Waals surface area contributed by atoms with Gasteiger partial charge in [-0.05, 0) is 30.3 Å². The molecule has 0 bridgehead atoms. The summed E-state index contributed by atoms with van der Waals surface area (Å²) in [6.07, 6.45) is -2.97. The fraction of sp³-hybridized carbons (Fsp3) is 0.238. The van der Waals surface area contributed by atoms with E-state index in [9.17, 15) is 22.8 Å². The Morgan fingerprint density at radius 1 is 1.03 bits per heavy atom. The smallest absolute Gasteiger partial charge is 0.417 e. The van der Waals surface area contributed by atoms with Crippen molar-refractivity contribution in [2.75, 3.05) is 26.2 Å². The van der Waals surface area contributed by atoms with Gasteiger partial charge >= 0.3 is 6.18 Å². The Hall–Kier alpha value is -3.69. The van der Waals surface area contributed by atoms with Crippen LogP contribution in [0.2, 0.25) is 0 Å². The van der Waals surface area contributed by atoms with Crippen molar-refractivity contribution in [3.05, 3.63) is 59.9 Å². The molecule has 7 nitrogen and oxygen atoms in total. The van der Waals surface area contributed by atoms with Crippen LogP contribution >= 0.6 is 0 Å². The lowest BCUT2D eigenvalue weighted by atomic mass is 10.2. The highest BCUT2D eigenvalue weighted by Crippen LogP contribution is 2.30. The molecule has 2 amide bonds. The van der Waals surface area contributed by atoms with Gasteiger partial charge in [0.25, 0.3) is 5.91 Å². The van der Waals surface area contributed by atoms with E-state index < -0.39 is 11.7 Å². The third-order valence-electron chi connectivity index (χ3n) is 4.92. The average Bonchev–Trinajstić information content (AvgIpc) is 2.78. The van der Waals surface area contributed by atoms with Gasteiger partial charge in [0.05, 0.1) is 11.1 Å². The monoisotopic (exact) mass is 430 g/mol. The lowest BCUT2D eigenvalue weighted by Crippen LogP contribution is -2.48. The third-order valence-corrected chi connectivity index (χ3v) is 4.92. The molecule has 0 aliphatic carbocycles. The second-order valence-electron chi connectivity index (χ2n) is 6.97. The predicted molar refractivity (Wildman–Crippen MR) is 105 cm³/mol. The SMILES string of the molecule is O=CN1CCN(C(=O)c2ccc3cc(Oc4ccc(C(F)(F)F)cn4)ccc3n2)CC1. The van der Waals surface area contributed by atoms with Gasteiger partial charge in [0, 0.05) is 43.8 Å².